The Balaban J connectivity index is 1.52. The fraction of sp³-hybridized carbons (Fsp3) is 0.357. The molecule has 0 amide bonds. The van der Waals surface area contributed by atoms with E-state index in [1.807, 2.05) is 31.2 Å². The third-order valence-corrected chi connectivity index (χ3v) is 6.95. The summed E-state index contributed by atoms with van der Waals surface area (Å²) >= 11 is 0. The molecule has 2 heterocycles. The number of benzene rings is 3. The van der Waals surface area contributed by atoms with Crippen LogP contribution < -0.4 is 34.7 Å². The summed E-state index contributed by atoms with van der Waals surface area (Å²) in [5, 5.41) is 0. The Kier molecular flexibility index (Phi) is 6.70. The van der Waals surface area contributed by atoms with Crippen molar-refractivity contribution in [1.29, 1.82) is 0 Å². The highest BCUT2D eigenvalue weighted by molar-refractivity contribution is 5.65. The van der Waals surface area contributed by atoms with Crippen LogP contribution in [0.5, 0.6) is 23.0 Å². The average molecular weight is 476 g/mol. The molecule has 0 saturated carbocycles. The van der Waals surface area contributed by atoms with Gasteiger partial charge in [-0.15, -0.1) is 0 Å². The van der Waals surface area contributed by atoms with E-state index in [0.717, 1.165) is 41.8 Å². The Labute approximate surface area is 206 Å². The third kappa shape index (κ3) is 4.49. The van der Waals surface area contributed by atoms with Crippen molar-refractivity contribution in [2.24, 2.45) is 5.92 Å². The second-order valence-electron chi connectivity index (χ2n) is 8.91. The molecule has 2 N–H and O–H groups in total. The van der Waals surface area contributed by atoms with Gasteiger partial charge in [-0.25, -0.2) is 10.9 Å². The molecule has 1 saturated heterocycles. The molecule has 7 heteroatoms. The Bertz CT molecular complexity index is 1170. The maximum absolute atomic E-state index is 5.66. The zero-order chi connectivity index (χ0) is 24.4. The maximum atomic E-state index is 5.66. The summed E-state index contributed by atoms with van der Waals surface area (Å²) in [5.41, 5.74) is 11.9. The van der Waals surface area contributed by atoms with Crippen LogP contribution in [0.3, 0.4) is 0 Å². The minimum Gasteiger partial charge on any atom is -0.497 e. The van der Waals surface area contributed by atoms with Gasteiger partial charge >= 0.3 is 0 Å². The predicted molar refractivity (Wildman–Crippen MR) is 136 cm³/mol. The van der Waals surface area contributed by atoms with Crippen LogP contribution in [0.15, 0.2) is 60.7 Å². The number of nitrogens with zero attached hydrogens (tertiary/aromatic N) is 1. The van der Waals surface area contributed by atoms with E-state index in [-0.39, 0.29) is 12.1 Å². The Morgan fingerprint density at radius 3 is 2.29 bits per heavy atom. The van der Waals surface area contributed by atoms with Crippen molar-refractivity contribution in [3.63, 3.8) is 0 Å². The summed E-state index contributed by atoms with van der Waals surface area (Å²) in [6.45, 7) is 4.30. The van der Waals surface area contributed by atoms with Gasteiger partial charge in [0.2, 0.25) is 0 Å². The van der Waals surface area contributed by atoms with Crippen molar-refractivity contribution < 1.29 is 18.9 Å². The largest absolute Gasteiger partial charge is 0.497 e. The van der Waals surface area contributed by atoms with Gasteiger partial charge < -0.3 is 23.8 Å². The first-order chi connectivity index (χ1) is 17.1. The normalized spacial score (nSPS) is 20.7. The highest BCUT2D eigenvalue weighted by Crippen LogP contribution is 2.49. The van der Waals surface area contributed by atoms with E-state index in [0.29, 0.717) is 12.5 Å². The second-order valence-corrected chi connectivity index (χ2v) is 8.91. The van der Waals surface area contributed by atoms with Crippen molar-refractivity contribution in [3.8, 4) is 23.0 Å². The van der Waals surface area contributed by atoms with Crippen LogP contribution in [0.1, 0.15) is 35.7 Å². The lowest BCUT2D eigenvalue weighted by Gasteiger charge is -2.39. The van der Waals surface area contributed by atoms with Crippen molar-refractivity contribution in [2.75, 3.05) is 39.4 Å². The van der Waals surface area contributed by atoms with Gasteiger partial charge in [0.05, 0.1) is 40.0 Å². The molecule has 0 aromatic heterocycles. The summed E-state index contributed by atoms with van der Waals surface area (Å²) in [6, 6.07) is 21.2. The number of hydrogen-bond donors (Lipinski definition) is 2. The number of methoxy groups -OCH3 is 3. The third-order valence-electron chi connectivity index (χ3n) is 6.95. The van der Waals surface area contributed by atoms with Gasteiger partial charge in [-0.1, -0.05) is 24.3 Å². The van der Waals surface area contributed by atoms with Crippen LogP contribution in [0, 0.1) is 5.92 Å². The van der Waals surface area contributed by atoms with Crippen LogP contribution in [-0.2, 0) is 6.54 Å². The lowest BCUT2D eigenvalue weighted by atomic mass is 9.81. The number of fused-ring (bicyclic) bond motifs is 3. The predicted octanol–water partition coefficient (Wildman–Crippen LogP) is 4.64. The molecule has 3 atom stereocenters. The van der Waals surface area contributed by atoms with Gasteiger partial charge in [0, 0.05) is 30.8 Å². The van der Waals surface area contributed by atoms with Crippen molar-refractivity contribution >= 4 is 5.69 Å². The lowest BCUT2D eigenvalue weighted by molar-refractivity contribution is 0.339. The molecule has 184 valence electrons. The maximum Gasteiger partial charge on any atom is 0.162 e. The molecule has 1 fully saturated rings. The van der Waals surface area contributed by atoms with Crippen LogP contribution in [0.2, 0.25) is 0 Å². The zero-order valence-electron chi connectivity index (χ0n) is 20.7. The molecule has 0 aliphatic carbocycles. The molecule has 3 aromatic rings. The zero-order valence-corrected chi connectivity index (χ0v) is 20.7. The fourth-order valence-electron chi connectivity index (χ4n) is 5.27. The van der Waals surface area contributed by atoms with Gasteiger partial charge in [-0.3, -0.25) is 0 Å². The Hall–Kier alpha value is -3.42. The molecule has 2 aliphatic heterocycles. The number of hydrogen-bond acceptors (Lipinski definition) is 7. The van der Waals surface area contributed by atoms with Gasteiger partial charge in [-0.2, -0.15) is 0 Å². The second kappa shape index (κ2) is 10.1. The highest BCUT2D eigenvalue weighted by Gasteiger charge is 2.43. The van der Waals surface area contributed by atoms with Gasteiger partial charge in [0.25, 0.3) is 0 Å². The molecule has 3 aromatic carbocycles. The monoisotopic (exact) mass is 475 g/mol. The van der Waals surface area contributed by atoms with E-state index in [1.54, 1.807) is 21.3 Å². The molecule has 0 radical (unpaired) electrons. The first kappa shape index (κ1) is 23.3. The van der Waals surface area contributed by atoms with Crippen molar-refractivity contribution in [3.05, 3.63) is 77.4 Å². The van der Waals surface area contributed by atoms with Crippen molar-refractivity contribution in [1.82, 2.24) is 10.9 Å². The van der Waals surface area contributed by atoms with Gasteiger partial charge in [0.15, 0.2) is 11.5 Å². The number of hydrazine groups is 1. The van der Waals surface area contributed by atoms with Gasteiger partial charge in [-0.05, 0) is 53.9 Å². The minimum atomic E-state index is 0.142. The van der Waals surface area contributed by atoms with E-state index in [4.69, 9.17) is 18.9 Å². The summed E-state index contributed by atoms with van der Waals surface area (Å²) in [4.78, 5) is 2.43. The smallest absolute Gasteiger partial charge is 0.162 e. The topological polar surface area (TPSA) is 64.2 Å². The quantitative estimate of drug-likeness (QED) is 0.492. The molecule has 3 unspecified atom stereocenters. The molecular formula is C28H33N3O4. The summed E-state index contributed by atoms with van der Waals surface area (Å²) < 4.78 is 22.4. The number of anilines is 1. The molecule has 2 aliphatic rings. The van der Waals surface area contributed by atoms with Crippen molar-refractivity contribution in [2.45, 2.75) is 25.6 Å². The van der Waals surface area contributed by atoms with Crippen LogP contribution in [0.25, 0.3) is 0 Å². The Morgan fingerprint density at radius 2 is 1.57 bits per heavy atom. The molecule has 0 spiro atoms. The van der Waals surface area contributed by atoms with Gasteiger partial charge in [0.1, 0.15) is 11.5 Å². The molecule has 5 rings (SSSR count). The molecule has 0 bridgehead atoms. The summed E-state index contributed by atoms with van der Waals surface area (Å²) in [7, 11) is 5.07. The van der Waals surface area contributed by atoms with Crippen LogP contribution in [0.4, 0.5) is 5.69 Å². The summed E-state index contributed by atoms with van der Waals surface area (Å²) in [6.07, 6.45) is 0. The number of nitrogens with one attached hydrogen (secondary N) is 2. The van der Waals surface area contributed by atoms with E-state index in [2.05, 4.69) is 52.1 Å². The number of ether oxygens (including phenoxy) is 4. The first-order valence-electron chi connectivity index (χ1n) is 12.0. The van der Waals surface area contributed by atoms with E-state index in [1.165, 1.54) is 16.7 Å². The minimum absolute atomic E-state index is 0.142. The highest BCUT2D eigenvalue weighted by atomic mass is 16.5. The van der Waals surface area contributed by atoms with Crippen LogP contribution >= 0.6 is 0 Å². The SMILES string of the molecule is CCOc1ccc(C2NNC3c4cc(OC)c(OC)cc4N(Cc4cccc(OC)c4)CC23)cc1. The number of rotatable bonds is 8. The fourth-order valence-corrected chi connectivity index (χ4v) is 5.27. The Morgan fingerprint density at radius 1 is 0.829 bits per heavy atom. The molecule has 7 nitrogen and oxygen atoms in total. The van der Waals surface area contributed by atoms with E-state index < -0.39 is 0 Å². The van der Waals surface area contributed by atoms with E-state index in [9.17, 15) is 0 Å². The standard InChI is InChI=1S/C28H33N3O4/c1-5-35-20-11-9-19(10-12-20)27-23-17-31(16-18-7-6-8-21(13-18)32-2)24-15-26(34-4)25(33-3)14-22(24)28(23)30-29-27/h6-15,23,27-30H,5,16-17H2,1-4H3. The molecular weight excluding hydrogens is 442 g/mol. The first-order valence-corrected chi connectivity index (χ1v) is 12.0. The molecule has 35 heavy (non-hydrogen) atoms. The van der Waals surface area contributed by atoms with E-state index >= 15 is 0 Å². The lowest BCUT2D eigenvalue weighted by Crippen LogP contribution is -2.39. The van der Waals surface area contributed by atoms with Crippen LogP contribution in [-0.4, -0.2) is 34.5 Å². The average Bonchev–Trinajstić information content (AvgIpc) is 3.32. The summed E-state index contributed by atoms with van der Waals surface area (Å²) in [5.74, 6) is 3.53.